The highest BCUT2D eigenvalue weighted by atomic mass is 35.5. The Labute approximate surface area is 119 Å². The summed E-state index contributed by atoms with van der Waals surface area (Å²) in [6.07, 6.45) is 5.03. The standard InChI is InChI=1S/C14H10ClN3O2/c1-20-14(19)10-4-5-11-12(15)17-13(18(11)8-10)9-3-2-6-16-7-9/h2-8H,1H3. The second-order valence-electron chi connectivity index (χ2n) is 4.13. The highest BCUT2D eigenvalue weighted by Gasteiger charge is 2.14. The molecule has 3 heterocycles. The van der Waals surface area contributed by atoms with Gasteiger partial charge < -0.3 is 4.74 Å². The average molecular weight is 288 g/mol. The van der Waals surface area contributed by atoms with Crippen LogP contribution < -0.4 is 0 Å². The van der Waals surface area contributed by atoms with Gasteiger partial charge >= 0.3 is 5.97 Å². The molecule has 3 aromatic heterocycles. The van der Waals surface area contributed by atoms with Crippen molar-refractivity contribution < 1.29 is 9.53 Å². The van der Waals surface area contributed by atoms with Gasteiger partial charge in [0, 0.05) is 24.2 Å². The molecule has 3 aromatic rings. The van der Waals surface area contributed by atoms with Gasteiger partial charge in [-0.1, -0.05) is 11.6 Å². The van der Waals surface area contributed by atoms with Gasteiger partial charge in [-0.05, 0) is 24.3 Å². The van der Waals surface area contributed by atoms with Crippen LogP contribution in [-0.4, -0.2) is 27.4 Å². The number of aromatic nitrogens is 3. The van der Waals surface area contributed by atoms with Gasteiger partial charge in [0.2, 0.25) is 0 Å². The largest absolute Gasteiger partial charge is 0.465 e. The van der Waals surface area contributed by atoms with Crippen LogP contribution in [0.15, 0.2) is 42.9 Å². The summed E-state index contributed by atoms with van der Waals surface area (Å²) in [4.78, 5) is 20.0. The number of esters is 1. The minimum atomic E-state index is -0.408. The topological polar surface area (TPSA) is 56.5 Å². The summed E-state index contributed by atoms with van der Waals surface area (Å²) in [5.41, 5.74) is 1.97. The molecule has 3 rings (SSSR count). The van der Waals surface area contributed by atoms with Gasteiger partial charge in [-0.25, -0.2) is 9.78 Å². The molecule has 0 radical (unpaired) electrons. The Morgan fingerprint density at radius 2 is 2.20 bits per heavy atom. The van der Waals surface area contributed by atoms with Crippen molar-refractivity contribution in [2.75, 3.05) is 7.11 Å². The minimum absolute atomic E-state index is 0.375. The predicted octanol–water partition coefficient (Wildman–Crippen LogP) is 2.84. The zero-order valence-electron chi connectivity index (χ0n) is 10.6. The van der Waals surface area contributed by atoms with Crippen LogP contribution in [0.3, 0.4) is 0 Å². The smallest absolute Gasteiger partial charge is 0.339 e. The highest BCUT2D eigenvalue weighted by Crippen LogP contribution is 2.25. The lowest BCUT2D eigenvalue weighted by Gasteiger charge is -2.03. The molecule has 100 valence electrons. The second kappa shape index (κ2) is 4.94. The van der Waals surface area contributed by atoms with Gasteiger partial charge in [0.15, 0.2) is 5.15 Å². The van der Waals surface area contributed by atoms with Gasteiger partial charge in [-0.2, -0.15) is 0 Å². The molecule has 0 amide bonds. The first-order valence-corrected chi connectivity index (χ1v) is 6.25. The monoisotopic (exact) mass is 287 g/mol. The van der Waals surface area contributed by atoms with E-state index in [4.69, 9.17) is 16.3 Å². The number of hydrogen-bond donors (Lipinski definition) is 0. The van der Waals surface area contributed by atoms with Crippen molar-refractivity contribution in [2.45, 2.75) is 0 Å². The van der Waals surface area contributed by atoms with E-state index in [-0.39, 0.29) is 0 Å². The van der Waals surface area contributed by atoms with Gasteiger partial charge in [-0.3, -0.25) is 9.38 Å². The van der Waals surface area contributed by atoms with E-state index in [1.807, 2.05) is 12.1 Å². The third kappa shape index (κ3) is 2.02. The molecule has 0 unspecified atom stereocenters. The van der Waals surface area contributed by atoms with Crippen molar-refractivity contribution in [3.8, 4) is 11.4 Å². The number of rotatable bonds is 2. The first kappa shape index (κ1) is 12.6. The van der Waals surface area contributed by atoms with Gasteiger partial charge in [-0.15, -0.1) is 0 Å². The Balaban J connectivity index is 2.25. The number of carbonyl (C=O) groups is 1. The normalized spacial score (nSPS) is 10.7. The van der Waals surface area contributed by atoms with Gasteiger partial charge in [0.25, 0.3) is 0 Å². The summed E-state index contributed by atoms with van der Waals surface area (Å²) in [6, 6.07) is 7.08. The van der Waals surface area contributed by atoms with E-state index in [9.17, 15) is 4.79 Å². The minimum Gasteiger partial charge on any atom is -0.465 e. The maximum atomic E-state index is 11.6. The SMILES string of the molecule is COC(=O)c1ccc2c(Cl)nc(-c3cccnc3)n2c1. The molecule has 0 aliphatic carbocycles. The number of hydrogen-bond acceptors (Lipinski definition) is 4. The molecule has 0 saturated carbocycles. The van der Waals surface area contributed by atoms with E-state index in [0.717, 1.165) is 11.1 Å². The molecule has 0 saturated heterocycles. The third-order valence-electron chi connectivity index (χ3n) is 2.93. The van der Waals surface area contributed by atoms with E-state index in [2.05, 4.69) is 9.97 Å². The molecule has 0 aliphatic rings. The Morgan fingerprint density at radius 3 is 2.90 bits per heavy atom. The van der Waals surface area contributed by atoms with Crippen molar-refractivity contribution in [2.24, 2.45) is 0 Å². The number of methoxy groups -OCH3 is 1. The van der Waals surface area contributed by atoms with E-state index in [1.54, 1.807) is 35.1 Å². The molecular weight excluding hydrogens is 278 g/mol. The number of imidazole rings is 1. The second-order valence-corrected chi connectivity index (χ2v) is 4.49. The van der Waals surface area contributed by atoms with Crippen LogP contribution in [0.4, 0.5) is 0 Å². The van der Waals surface area contributed by atoms with Crippen molar-refractivity contribution in [3.05, 3.63) is 53.6 Å². The Bertz CT molecular complexity index is 784. The molecule has 20 heavy (non-hydrogen) atoms. The lowest BCUT2D eigenvalue weighted by Crippen LogP contribution is -2.03. The third-order valence-corrected chi connectivity index (χ3v) is 3.21. The van der Waals surface area contributed by atoms with Crippen molar-refractivity contribution >= 4 is 23.1 Å². The summed E-state index contributed by atoms with van der Waals surface area (Å²) < 4.78 is 6.48. The van der Waals surface area contributed by atoms with Crippen LogP contribution in [-0.2, 0) is 4.74 Å². The zero-order chi connectivity index (χ0) is 14.1. The highest BCUT2D eigenvalue weighted by molar-refractivity contribution is 6.32. The van der Waals surface area contributed by atoms with Gasteiger partial charge in [0.1, 0.15) is 5.82 Å². The van der Waals surface area contributed by atoms with Crippen LogP contribution in [0.5, 0.6) is 0 Å². The Morgan fingerprint density at radius 1 is 1.35 bits per heavy atom. The summed E-state index contributed by atoms with van der Waals surface area (Å²) in [5.74, 6) is 0.220. The predicted molar refractivity (Wildman–Crippen MR) is 74.8 cm³/mol. The number of fused-ring (bicyclic) bond motifs is 1. The van der Waals surface area contributed by atoms with Crippen LogP contribution in [0.2, 0.25) is 5.15 Å². The molecule has 0 atom stereocenters. The maximum absolute atomic E-state index is 11.6. The van der Waals surface area contributed by atoms with E-state index >= 15 is 0 Å². The zero-order valence-corrected chi connectivity index (χ0v) is 11.3. The maximum Gasteiger partial charge on any atom is 0.339 e. The Hall–Kier alpha value is -2.40. The molecule has 0 spiro atoms. The van der Waals surface area contributed by atoms with Crippen LogP contribution >= 0.6 is 11.6 Å². The van der Waals surface area contributed by atoms with Crippen LogP contribution in [0.25, 0.3) is 16.9 Å². The molecule has 6 heteroatoms. The molecule has 0 fully saturated rings. The number of pyridine rings is 2. The summed E-state index contributed by atoms with van der Waals surface area (Å²) in [7, 11) is 1.34. The molecule has 0 N–H and O–H groups in total. The first-order chi connectivity index (χ1) is 9.70. The van der Waals surface area contributed by atoms with Crippen molar-refractivity contribution in [1.29, 1.82) is 0 Å². The molecule has 5 nitrogen and oxygen atoms in total. The quantitative estimate of drug-likeness (QED) is 0.680. The molecule has 0 aromatic carbocycles. The van der Waals surface area contributed by atoms with E-state index < -0.39 is 5.97 Å². The van der Waals surface area contributed by atoms with Crippen LogP contribution in [0.1, 0.15) is 10.4 Å². The van der Waals surface area contributed by atoms with E-state index in [0.29, 0.717) is 16.5 Å². The lowest BCUT2D eigenvalue weighted by molar-refractivity contribution is 0.0600. The molecule has 0 aliphatic heterocycles. The van der Waals surface area contributed by atoms with Crippen molar-refractivity contribution in [3.63, 3.8) is 0 Å². The lowest BCUT2D eigenvalue weighted by atomic mass is 10.2. The summed E-state index contributed by atoms with van der Waals surface area (Å²) in [5, 5.41) is 0.375. The molecule has 0 bridgehead atoms. The number of ether oxygens (including phenoxy) is 1. The summed E-state index contributed by atoms with van der Waals surface area (Å²) >= 11 is 6.12. The van der Waals surface area contributed by atoms with E-state index in [1.165, 1.54) is 7.11 Å². The average Bonchev–Trinajstić information content (AvgIpc) is 2.84. The number of nitrogens with zero attached hydrogens (tertiary/aromatic N) is 3. The Kier molecular flexibility index (Phi) is 3.12. The van der Waals surface area contributed by atoms with Gasteiger partial charge in [0.05, 0.1) is 18.2 Å². The fourth-order valence-corrected chi connectivity index (χ4v) is 2.22. The number of carbonyl (C=O) groups excluding carboxylic acids is 1. The fourth-order valence-electron chi connectivity index (χ4n) is 1.99. The first-order valence-electron chi connectivity index (χ1n) is 5.87. The fraction of sp³-hybridized carbons (Fsp3) is 0.0714. The molecular formula is C14H10ClN3O2. The number of halogens is 1. The summed E-state index contributed by atoms with van der Waals surface area (Å²) in [6.45, 7) is 0. The van der Waals surface area contributed by atoms with Crippen LogP contribution in [0, 0.1) is 0 Å². The van der Waals surface area contributed by atoms with Crippen molar-refractivity contribution in [1.82, 2.24) is 14.4 Å².